The normalized spacial score (nSPS) is 19.1. The molecule has 0 aromatic carbocycles. The van der Waals surface area contributed by atoms with Crippen LogP contribution in [0.2, 0.25) is 0 Å². The first kappa shape index (κ1) is 13.3. The molecule has 1 amide bonds. The van der Waals surface area contributed by atoms with Crippen molar-refractivity contribution in [3.05, 3.63) is 0 Å². The molecule has 2 rings (SSSR count). The molecule has 1 aromatic rings. The smallest absolute Gasteiger partial charge is 0.322 e. The number of rotatable bonds is 4. The van der Waals surface area contributed by atoms with Crippen molar-refractivity contribution in [2.75, 3.05) is 37.5 Å². The second-order valence-corrected chi connectivity index (χ2v) is 4.38. The van der Waals surface area contributed by atoms with Gasteiger partial charge in [-0.1, -0.05) is 0 Å². The largest absolute Gasteiger partial charge is 0.467 e. The van der Waals surface area contributed by atoms with Crippen LogP contribution in [0.1, 0.15) is 12.8 Å². The van der Waals surface area contributed by atoms with Crippen molar-refractivity contribution in [3.63, 3.8) is 0 Å². The number of nitrogens with two attached hydrogens (primary N) is 1. The van der Waals surface area contributed by atoms with E-state index in [0.717, 1.165) is 19.4 Å². The number of anilines is 2. The third-order valence-electron chi connectivity index (χ3n) is 3.12. The molecule has 0 radical (unpaired) electrons. The van der Waals surface area contributed by atoms with E-state index in [2.05, 4.69) is 20.3 Å². The van der Waals surface area contributed by atoms with Crippen molar-refractivity contribution < 1.29 is 9.53 Å². The Labute approximate surface area is 111 Å². The molecule has 1 aliphatic rings. The van der Waals surface area contributed by atoms with Crippen LogP contribution in [0, 0.1) is 5.92 Å². The van der Waals surface area contributed by atoms with E-state index >= 15 is 0 Å². The molecule has 8 heteroatoms. The number of ether oxygens (including phenoxy) is 1. The monoisotopic (exact) mass is 266 g/mol. The first-order chi connectivity index (χ1) is 9.13. The molecule has 0 bridgehead atoms. The van der Waals surface area contributed by atoms with Crippen LogP contribution < -0.4 is 20.7 Å². The number of carbonyl (C=O) groups is 1. The highest BCUT2D eigenvalue weighted by Crippen LogP contribution is 2.22. The van der Waals surface area contributed by atoms with Crippen LogP contribution in [0.15, 0.2) is 0 Å². The molecule has 3 N–H and O–H groups in total. The van der Waals surface area contributed by atoms with E-state index < -0.39 is 0 Å². The summed E-state index contributed by atoms with van der Waals surface area (Å²) in [5, 5.41) is 2.85. The molecular formula is C11H18N6O2. The summed E-state index contributed by atoms with van der Waals surface area (Å²) < 4.78 is 5.04. The fraction of sp³-hybridized carbons (Fsp3) is 0.636. The predicted molar refractivity (Wildman–Crippen MR) is 70.1 cm³/mol. The minimum atomic E-state index is -0.278. The van der Waals surface area contributed by atoms with Gasteiger partial charge in [0.1, 0.15) is 0 Å². The van der Waals surface area contributed by atoms with Gasteiger partial charge in [0, 0.05) is 20.1 Å². The van der Waals surface area contributed by atoms with Crippen LogP contribution >= 0.6 is 0 Å². The molecule has 2 heterocycles. The molecule has 0 spiro atoms. The van der Waals surface area contributed by atoms with Gasteiger partial charge in [-0.2, -0.15) is 15.0 Å². The Morgan fingerprint density at radius 1 is 1.47 bits per heavy atom. The van der Waals surface area contributed by atoms with Crippen molar-refractivity contribution >= 4 is 17.8 Å². The number of piperidine rings is 1. The number of nitrogens with one attached hydrogen (secondary N) is 1. The molecule has 104 valence electrons. The van der Waals surface area contributed by atoms with Crippen molar-refractivity contribution in [1.29, 1.82) is 0 Å². The Bertz CT molecular complexity index is 444. The number of hydrogen-bond acceptors (Lipinski definition) is 7. The zero-order chi connectivity index (χ0) is 13.8. The summed E-state index contributed by atoms with van der Waals surface area (Å²) in [6.45, 7) is 1.33. The number of nitrogens with zero attached hydrogens (tertiary/aromatic N) is 4. The summed E-state index contributed by atoms with van der Waals surface area (Å²) in [5.41, 5.74) is 5.36. The summed E-state index contributed by atoms with van der Waals surface area (Å²) in [4.78, 5) is 25.7. The van der Waals surface area contributed by atoms with E-state index in [1.807, 2.05) is 4.90 Å². The summed E-state index contributed by atoms with van der Waals surface area (Å²) in [5.74, 6) is 0.499. The molecule has 1 unspecified atom stereocenters. The molecule has 1 aliphatic heterocycles. The van der Waals surface area contributed by atoms with Crippen LogP contribution in [0.5, 0.6) is 6.01 Å². The molecule has 8 nitrogen and oxygen atoms in total. The van der Waals surface area contributed by atoms with Crippen LogP contribution in [0.4, 0.5) is 11.9 Å². The number of aromatic nitrogens is 3. The summed E-state index contributed by atoms with van der Waals surface area (Å²) in [6.07, 6.45) is 1.70. The minimum Gasteiger partial charge on any atom is -0.467 e. The van der Waals surface area contributed by atoms with Gasteiger partial charge in [-0.05, 0) is 12.8 Å². The highest BCUT2D eigenvalue weighted by molar-refractivity contribution is 5.77. The van der Waals surface area contributed by atoms with Crippen LogP contribution in [0.3, 0.4) is 0 Å². The van der Waals surface area contributed by atoms with Crippen molar-refractivity contribution in [2.45, 2.75) is 12.8 Å². The van der Waals surface area contributed by atoms with Crippen molar-refractivity contribution in [2.24, 2.45) is 11.7 Å². The summed E-state index contributed by atoms with van der Waals surface area (Å²) in [6, 6.07) is 0.246. The minimum absolute atomic E-state index is 0.158. The van der Waals surface area contributed by atoms with Gasteiger partial charge in [-0.3, -0.25) is 4.79 Å². The Morgan fingerprint density at radius 2 is 2.26 bits per heavy atom. The van der Waals surface area contributed by atoms with Gasteiger partial charge in [0.2, 0.25) is 17.8 Å². The quantitative estimate of drug-likeness (QED) is 0.765. The van der Waals surface area contributed by atoms with Gasteiger partial charge in [-0.15, -0.1) is 0 Å². The standard InChI is InChI=1S/C11H18N6O2/c1-13-9-14-10(16-11(15-9)19-2)17-5-3-4-7(6-17)8(12)18/h7H,3-6H2,1-2H3,(H2,12,18)(H,13,14,15,16). The van der Waals surface area contributed by atoms with Gasteiger partial charge in [0.15, 0.2) is 0 Å². The molecule has 1 atom stereocenters. The summed E-state index contributed by atoms with van der Waals surface area (Å²) >= 11 is 0. The van der Waals surface area contributed by atoms with E-state index in [0.29, 0.717) is 18.4 Å². The molecule has 1 aromatic heterocycles. The van der Waals surface area contributed by atoms with Gasteiger partial charge < -0.3 is 20.7 Å². The molecular weight excluding hydrogens is 248 g/mol. The molecule has 0 saturated carbocycles. The average Bonchev–Trinajstić information content (AvgIpc) is 2.46. The predicted octanol–water partition coefficient (Wildman–Crippen LogP) is -0.376. The SMILES string of the molecule is CNc1nc(OC)nc(N2CCCC(C(N)=O)C2)n1. The lowest BCUT2D eigenvalue weighted by Gasteiger charge is -2.31. The molecule has 0 aliphatic carbocycles. The lowest BCUT2D eigenvalue weighted by atomic mass is 9.98. The van der Waals surface area contributed by atoms with Gasteiger partial charge in [0.25, 0.3) is 0 Å². The first-order valence-corrected chi connectivity index (χ1v) is 6.16. The third kappa shape index (κ3) is 3.01. The van der Waals surface area contributed by atoms with E-state index in [4.69, 9.17) is 10.5 Å². The fourth-order valence-corrected chi connectivity index (χ4v) is 2.08. The molecule has 1 fully saturated rings. The second-order valence-electron chi connectivity index (χ2n) is 4.38. The van der Waals surface area contributed by atoms with Crippen LogP contribution in [-0.2, 0) is 4.79 Å². The molecule has 1 saturated heterocycles. The van der Waals surface area contributed by atoms with E-state index in [9.17, 15) is 4.79 Å². The lowest BCUT2D eigenvalue weighted by molar-refractivity contribution is -0.122. The van der Waals surface area contributed by atoms with E-state index in [1.54, 1.807) is 7.05 Å². The Balaban J connectivity index is 2.22. The maximum atomic E-state index is 11.3. The highest BCUT2D eigenvalue weighted by atomic mass is 16.5. The number of carbonyl (C=O) groups excluding carboxylic acids is 1. The van der Waals surface area contributed by atoms with E-state index in [1.165, 1.54) is 7.11 Å². The molecule has 19 heavy (non-hydrogen) atoms. The van der Waals surface area contributed by atoms with Gasteiger partial charge in [-0.25, -0.2) is 0 Å². The summed E-state index contributed by atoms with van der Waals surface area (Å²) in [7, 11) is 3.22. The number of amides is 1. The lowest BCUT2D eigenvalue weighted by Crippen LogP contribution is -2.42. The van der Waals surface area contributed by atoms with E-state index in [-0.39, 0.29) is 17.8 Å². The maximum Gasteiger partial charge on any atom is 0.322 e. The number of methoxy groups -OCH3 is 1. The van der Waals surface area contributed by atoms with Crippen LogP contribution in [-0.4, -0.2) is 48.1 Å². The van der Waals surface area contributed by atoms with Gasteiger partial charge >= 0.3 is 6.01 Å². The average molecular weight is 266 g/mol. The second kappa shape index (κ2) is 5.68. The van der Waals surface area contributed by atoms with Gasteiger partial charge in [0.05, 0.1) is 13.0 Å². The van der Waals surface area contributed by atoms with Crippen molar-refractivity contribution in [1.82, 2.24) is 15.0 Å². The maximum absolute atomic E-state index is 11.3. The Kier molecular flexibility index (Phi) is 3.98. The Hall–Kier alpha value is -2.12. The van der Waals surface area contributed by atoms with Crippen LogP contribution in [0.25, 0.3) is 0 Å². The number of hydrogen-bond donors (Lipinski definition) is 2. The Morgan fingerprint density at radius 3 is 2.89 bits per heavy atom. The zero-order valence-corrected chi connectivity index (χ0v) is 11.1. The topological polar surface area (TPSA) is 106 Å². The number of primary amides is 1. The zero-order valence-electron chi connectivity index (χ0n) is 11.1. The highest BCUT2D eigenvalue weighted by Gasteiger charge is 2.26. The third-order valence-corrected chi connectivity index (χ3v) is 3.12. The fourth-order valence-electron chi connectivity index (χ4n) is 2.08. The first-order valence-electron chi connectivity index (χ1n) is 6.16. The van der Waals surface area contributed by atoms with Crippen molar-refractivity contribution in [3.8, 4) is 6.01 Å².